The average molecular weight is 277 g/mol. The molecule has 0 saturated carbocycles. The molecule has 0 spiro atoms. The smallest absolute Gasteiger partial charge is 0.257 e. The Labute approximate surface area is 119 Å². The molecule has 4 rings (SSSR count). The van der Waals surface area contributed by atoms with Crippen molar-refractivity contribution in [3.63, 3.8) is 0 Å². The van der Waals surface area contributed by atoms with E-state index in [1.807, 2.05) is 34.9 Å². The quantitative estimate of drug-likeness (QED) is 0.591. The average Bonchev–Trinajstić information content (AvgIpc) is 3.14. The molecule has 0 aliphatic heterocycles. The number of carbonyl (C=O) groups is 1. The van der Waals surface area contributed by atoms with E-state index in [1.54, 1.807) is 24.7 Å². The molecule has 2 N–H and O–H groups in total. The lowest BCUT2D eigenvalue weighted by Gasteiger charge is -2.06. The van der Waals surface area contributed by atoms with Crippen molar-refractivity contribution in [3.8, 4) is 0 Å². The van der Waals surface area contributed by atoms with Gasteiger partial charge in [0.2, 0.25) is 0 Å². The van der Waals surface area contributed by atoms with Crippen molar-refractivity contribution >= 4 is 28.1 Å². The van der Waals surface area contributed by atoms with Crippen molar-refractivity contribution in [2.75, 3.05) is 5.32 Å². The molecule has 6 heteroatoms. The highest BCUT2D eigenvalue weighted by Gasteiger charge is 2.08. The van der Waals surface area contributed by atoms with Crippen LogP contribution in [-0.2, 0) is 0 Å². The van der Waals surface area contributed by atoms with E-state index < -0.39 is 0 Å². The maximum atomic E-state index is 12.3. The van der Waals surface area contributed by atoms with Crippen LogP contribution in [0.5, 0.6) is 0 Å². The summed E-state index contributed by atoms with van der Waals surface area (Å²) in [5.74, 6) is -0.159. The summed E-state index contributed by atoms with van der Waals surface area (Å²) in [6.07, 6.45) is 6.99. The summed E-state index contributed by atoms with van der Waals surface area (Å²) in [5, 5.41) is 10.7. The van der Waals surface area contributed by atoms with Crippen LogP contribution in [0.3, 0.4) is 0 Å². The van der Waals surface area contributed by atoms with Gasteiger partial charge in [-0.05, 0) is 30.3 Å². The number of pyridine rings is 1. The molecule has 0 aliphatic rings. The number of nitrogens with one attached hydrogen (secondary N) is 2. The SMILES string of the molecule is O=C(Nc1ccc2[nH]ncc2c1)c1ccc2nccn2c1. The van der Waals surface area contributed by atoms with Gasteiger partial charge in [-0.25, -0.2) is 4.98 Å². The fourth-order valence-electron chi connectivity index (χ4n) is 2.28. The zero-order valence-corrected chi connectivity index (χ0v) is 10.9. The number of H-pyrrole nitrogens is 1. The molecule has 3 heterocycles. The Balaban J connectivity index is 1.64. The fraction of sp³-hybridized carbons (Fsp3) is 0. The molecule has 4 aromatic rings. The number of hydrogen-bond donors (Lipinski definition) is 2. The van der Waals surface area contributed by atoms with Crippen LogP contribution in [0.1, 0.15) is 10.4 Å². The van der Waals surface area contributed by atoms with Crippen molar-refractivity contribution < 1.29 is 4.79 Å². The second-order valence-electron chi connectivity index (χ2n) is 4.74. The minimum absolute atomic E-state index is 0.159. The first-order valence-corrected chi connectivity index (χ1v) is 6.47. The molecule has 6 nitrogen and oxygen atoms in total. The van der Waals surface area contributed by atoms with E-state index in [1.165, 1.54) is 0 Å². The first-order chi connectivity index (χ1) is 10.3. The molecule has 0 radical (unpaired) electrons. The van der Waals surface area contributed by atoms with E-state index in [0.717, 1.165) is 22.2 Å². The first-order valence-electron chi connectivity index (χ1n) is 6.47. The number of benzene rings is 1. The maximum absolute atomic E-state index is 12.3. The molecular weight excluding hydrogens is 266 g/mol. The summed E-state index contributed by atoms with van der Waals surface area (Å²) < 4.78 is 1.81. The highest BCUT2D eigenvalue weighted by molar-refractivity contribution is 6.05. The second-order valence-corrected chi connectivity index (χ2v) is 4.74. The Morgan fingerprint density at radius 3 is 3.14 bits per heavy atom. The predicted octanol–water partition coefficient (Wildman–Crippen LogP) is 2.46. The highest BCUT2D eigenvalue weighted by atomic mass is 16.1. The molecule has 0 aliphatic carbocycles. The Hall–Kier alpha value is -3.15. The molecule has 0 bridgehead atoms. The number of amides is 1. The normalized spacial score (nSPS) is 11.0. The Bertz CT molecular complexity index is 953. The van der Waals surface area contributed by atoms with Gasteiger partial charge >= 0.3 is 0 Å². The van der Waals surface area contributed by atoms with Crippen LogP contribution in [0.15, 0.2) is 55.1 Å². The van der Waals surface area contributed by atoms with Crippen LogP contribution in [0, 0.1) is 0 Å². The van der Waals surface area contributed by atoms with Gasteiger partial charge in [0.25, 0.3) is 5.91 Å². The number of nitrogens with zero attached hydrogens (tertiary/aromatic N) is 3. The number of carbonyl (C=O) groups excluding carboxylic acids is 1. The third kappa shape index (κ3) is 2.02. The maximum Gasteiger partial charge on any atom is 0.257 e. The van der Waals surface area contributed by atoms with E-state index in [9.17, 15) is 4.79 Å². The van der Waals surface area contributed by atoms with Crippen molar-refractivity contribution in [3.05, 3.63) is 60.7 Å². The monoisotopic (exact) mass is 277 g/mol. The van der Waals surface area contributed by atoms with Crippen molar-refractivity contribution in [2.24, 2.45) is 0 Å². The summed E-state index contributed by atoms with van der Waals surface area (Å²) >= 11 is 0. The van der Waals surface area contributed by atoms with Gasteiger partial charge in [0.15, 0.2) is 0 Å². The molecule has 21 heavy (non-hydrogen) atoms. The van der Waals surface area contributed by atoms with Gasteiger partial charge in [0, 0.05) is 29.7 Å². The van der Waals surface area contributed by atoms with Gasteiger partial charge < -0.3 is 9.72 Å². The van der Waals surface area contributed by atoms with Gasteiger partial charge in [-0.3, -0.25) is 9.89 Å². The van der Waals surface area contributed by atoms with Crippen molar-refractivity contribution in [1.29, 1.82) is 0 Å². The number of fused-ring (bicyclic) bond motifs is 2. The van der Waals surface area contributed by atoms with Gasteiger partial charge in [-0.1, -0.05) is 0 Å². The minimum atomic E-state index is -0.159. The van der Waals surface area contributed by atoms with E-state index >= 15 is 0 Å². The number of hydrogen-bond acceptors (Lipinski definition) is 3. The molecule has 1 amide bonds. The molecule has 0 saturated heterocycles. The van der Waals surface area contributed by atoms with Crippen LogP contribution in [-0.4, -0.2) is 25.5 Å². The van der Waals surface area contributed by atoms with Crippen LogP contribution in [0.25, 0.3) is 16.6 Å². The predicted molar refractivity (Wildman–Crippen MR) is 79.2 cm³/mol. The topological polar surface area (TPSA) is 75.1 Å². The van der Waals surface area contributed by atoms with Crippen molar-refractivity contribution in [1.82, 2.24) is 19.6 Å². The molecule has 3 aromatic heterocycles. The minimum Gasteiger partial charge on any atom is -0.322 e. The second kappa shape index (κ2) is 4.45. The first kappa shape index (κ1) is 11.7. The Morgan fingerprint density at radius 1 is 1.24 bits per heavy atom. The number of aromatic amines is 1. The molecule has 0 fully saturated rings. The van der Waals surface area contributed by atoms with Crippen molar-refractivity contribution in [2.45, 2.75) is 0 Å². The lowest BCUT2D eigenvalue weighted by molar-refractivity contribution is 0.102. The van der Waals surface area contributed by atoms with E-state index in [0.29, 0.717) is 5.56 Å². The van der Waals surface area contributed by atoms with E-state index in [2.05, 4.69) is 20.5 Å². The Kier molecular flexibility index (Phi) is 2.47. The summed E-state index contributed by atoms with van der Waals surface area (Å²) in [7, 11) is 0. The molecule has 1 aromatic carbocycles. The lowest BCUT2D eigenvalue weighted by atomic mass is 10.2. The van der Waals surface area contributed by atoms with E-state index in [4.69, 9.17) is 0 Å². The van der Waals surface area contributed by atoms with Gasteiger partial charge in [0.05, 0.1) is 17.3 Å². The molecule has 102 valence electrons. The van der Waals surface area contributed by atoms with Gasteiger partial charge in [-0.15, -0.1) is 0 Å². The zero-order valence-electron chi connectivity index (χ0n) is 10.9. The van der Waals surface area contributed by atoms with Gasteiger partial charge in [0.1, 0.15) is 5.65 Å². The lowest BCUT2D eigenvalue weighted by Crippen LogP contribution is -2.12. The number of imidazole rings is 1. The summed E-state index contributed by atoms with van der Waals surface area (Å²) in [4.78, 5) is 16.4. The number of rotatable bonds is 2. The highest BCUT2D eigenvalue weighted by Crippen LogP contribution is 2.17. The number of anilines is 1. The summed E-state index contributed by atoms with van der Waals surface area (Å²) in [6, 6.07) is 9.18. The summed E-state index contributed by atoms with van der Waals surface area (Å²) in [6.45, 7) is 0. The van der Waals surface area contributed by atoms with Crippen LogP contribution < -0.4 is 5.32 Å². The molecule has 0 atom stereocenters. The van der Waals surface area contributed by atoms with Gasteiger partial charge in [-0.2, -0.15) is 5.10 Å². The molecule has 0 unspecified atom stereocenters. The zero-order chi connectivity index (χ0) is 14.2. The third-order valence-corrected chi connectivity index (χ3v) is 3.35. The molecular formula is C15H11N5O. The standard InChI is InChI=1S/C15H11N5O/c21-15(10-1-4-14-16-5-6-20(14)9-10)18-12-2-3-13-11(7-12)8-17-19-13/h1-9H,(H,17,19)(H,18,21). The van der Waals surface area contributed by atoms with Crippen LogP contribution >= 0.6 is 0 Å². The Morgan fingerprint density at radius 2 is 2.19 bits per heavy atom. The van der Waals surface area contributed by atoms with Crippen LogP contribution in [0.2, 0.25) is 0 Å². The van der Waals surface area contributed by atoms with E-state index in [-0.39, 0.29) is 5.91 Å². The third-order valence-electron chi connectivity index (χ3n) is 3.35. The summed E-state index contributed by atoms with van der Waals surface area (Å²) in [5.41, 5.74) is 3.06. The largest absolute Gasteiger partial charge is 0.322 e. The van der Waals surface area contributed by atoms with Crippen LogP contribution in [0.4, 0.5) is 5.69 Å². The number of aromatic nitrogens is 4. The fourth-order valence-corrected chi connectivity index (χ4v) is 2.28.